The quantitative estimate of drug-likeness (QED) is 0.746. The Morgan fingerprint density at radius 3 is 2.30 bits per heavy atom. The van der Waals surface area contributed by atoms with E-state index in [0.717, 1.165) is 5.56 Å². The van der Waals surface area contributed by atoms with E-state index in [1.54, 1.807) is 17.4 Å². The molecule has 0 atom stereocenters. The minimum absolute atomic E-state index is 0.110. The van der Waals surface area contributed by atoms with E-state index in [9.17, 15) is 23.1 Å². The predicted octanol–water partition coefficient (Wildman–Crippen LogP) is 3.47. The molecule has 0 heterocycles. The minimum Gasteiger partial charge on any atom is -0.506 e. The van der Waals surface area contributed by atoms with Crippen molar-refractivity contribution in [3.8, 4) is 5.75 Å². The van der Waals surface area contributed by atoms with Gasteiger partial charge >= 0.3 is 12.1 Å². The number of hydrogen-bond donors (Lipinski definition) is 2. The first-order valence-corrected chi connectivity index (χ1v) is 6.87. The highest BCUT2D eigenvalue weighted by Gasteiger charge is 2.38. The molecular weight excluding hydrogens is 386 g/mol. The molecule has 0 fully saturated rings. The molecule has 112 valence electrons. The number of aromatic hydroxyl groups is 1. The van der Waals surface area contributed by atoms with Crippen LogP contribution in [-0.2, 0) is 16.8 Å². The topological polar surface area (TPSA) is 49.3 Å². The number of nitrogens with one attached hydrogen (secondary N) is 1. The van der Waals surface area contributed by atoms with Crippen LogP contribution in [0.4, 0.5) is 13.2 Å². The number of rotatable bonds is 2. The van der Waals surface area contributed by atoms with E-state index in [1.807, 2.05) is 43.4 Å². The summed E-state index contributed by atoms with van der Waals surface area (Å²) in [4.78, 5) is 10.8. The van der Waals surface area contributed by atoms with Gasteiger partial charge in [-0.25, -0.2) is 0 Å². The summed E-state index contributed by atoms with van der Waals surface area (Å²) in [6, 6.07) is 3.37. The number of benzene rings is 1. The first-order chi connectivity index (χ1) is 8.93. The van der Waals surface area contributed by atoms with Crippen LogP contribution >= 0.6 is 22.6 Å². The molecule has 0 aliphatic rings. The van der Waals surface area contributed by atoms with Crippen LogP contribution in [0.25, 0.3) is 0 Å². The molecular formula is C13H15F3INO2. The number of phenols is 1. The van der Waals surface area contributed by atoms with Gasteiger partial charge in [-0.2, -0.15) is 13.2 Å². The average Bonchev–Trinajstić information content (AvgIpc) is 2.27. The molecule has 1 aromatic carbocycles. The van der Waals surface area contributed by atoms with E-state index in [4.69, 9.17) is 0 Å². The Morgan fingerprint density at radius 1 is 1.30 bits per heavy atom. The Labute approximate surface area is 128 Å². The van der Waals surface area contributed by atoms with Crippen molar-refractivity contribution in [1.82, 2.24) is 5.32 Å². The van der Waals surface area contributed by atoms with Gasteiger partial charge in [0.1, 0.15) is 5.75 Å². The largest absolute Gasteiger partial charge is 0.506 e. The summed E-state index contributed by atoms with van der Waals surface area (Å²) < 4.78 is 36.9. The van der Waals surface area contributed by atoms with Crippen LogP contribution in [0.3, 0.4) is 0 Å². The molecule has 0 bridgehead atoms. The lowest BCUT2D eigenvalue weighted by atomic mass is 9.86. The van der Waals surface area contributed by atoms with Crippen LogP contribution in [0.5, 0.6) is 5.75 Å². The molecule has 0 aliphatic heterocycles. The highest BCUT2D eigenvalue weighted by atomic mass is 127. The molecule has 0 aliphatic carbocycles. The zero-order valence-electron chi connectivity index (χ0n) is 11.2. The average molecular weight is 401 g/mol. The standard InChI is InChI=1S/C13H15F3INO2/c1-12(2,3)8-4-7(10(19)9(17)5-8)6-18-11(20)13(14,15)16/h4-5,19H,6H2,1-3H3,(H,18,20). The van der Waals surface area contributed by atoms with Crippen molar-refractivity contribution in [2.75, 3.05) is 0 Å². The Morgan fingerprint density at radius 2 is 1.85 bits per heavy atom. The van der Waals surface area contributed by atoms with Gasteiger partial charge in [-0.05, 0) is 45.7 Å². The first-order valence-electron chi connectivity index (χ1n) is 5.80. The molecule has 1 rings (SSSR count). The third-order valence-corrected chi connectivity index (χ3v) is 3.53. The van der Waals surface area contributed by atoms with Crippen molar-refractivity contribution < 1.29 is 23.1 Å². The molecule has 7 heteroatoms. The highest BCUT2D eigenvalue weighted by molar-refractivity contribution is 14.1. The van der Waals surface area contributed by atoms with Crippen molar-refractivity contribution in [2.24, 2.45) is 0 Å². The number of hydrogen-bond acceptors (Lipinski definition) is 2. The third-order valence-electron chi connectivity index (χ3n) is 2.71. The van der Waals surface area contributed by atoms with Crippen LogP contribution in [0.1, 0.15) is 31.9 Å². The van der Waals surface area contributed by atoms with Gasteiger partial charge in [-0.3, -0.25) is 4.79 Å². The van der Waals surface area contributed by atoms with Crippen LogP contribution in [-0.4, -0.2) is 17.2 Å². The number of phenolic OH excluding ortho intramolecular Hbond substituents is 1. The second kappa shape index (κ2) is 5.79. The van der Waals surface area contributed by atoms with E-state index in [0.29, 0.717) is 3.57 Å². The van der Waals surface area contributed by atoms with Gasteiger partial charge in [-0.1, -0.05) is 20.8 Å². The Kier molecular flexibility index (Phi) is 4.94. The number of halogens is 4. The fraction of sp³-hybridized carbons (Fsp3) is 0.462. The van der Waals surface area contributed by atoms with Crippen molar-refractivity contribution in [1.29, 1.82) is 0 Å². The molecule has 0 saturated heterocycles. The monoisotopic (exact) mass is 401 g/mol. The summed E-state index contributed by atoms with van der Waals surface area (Å²) in [6.07, 6.45) is -4.93. The highest BCUT2D eigenvalue weighted by Crippen LogP contribution is 2.32. The van der Waals surface area contributed by atoms with Crippen LogP contribution in [0.2, 0.25) is 0 Å². The fourth-order valence-electron chi connectivity index (χ4n) is 1.50. The van der Waals surface area contributed by atoms with Gasteiger partial charge in [0.15, 0.2) is 0 Å². The lowest BCUT2D eigenvalue weighted by Crippen LogP contribution is -2.36. The van der Waals surface area contributed by atoms with E-state index in [1.165, 1.54) is 0 Å². The lowest BCUT2D eigenvalue weighted by Gasteiger charge is -2.21. The number of carbonyl (C=O) groups excluding carboxylic acids is 1. The second-order valence-electron chi connectivity index (χ2n) is 5.40. The molecule has 20 heavy (non-hydrogen) atoms. The smallest absolute Gasteiger partial charge is 0.471 e. The van der Waals surface area contributed by atoms with Crippen molar-refractivity contribution in [3.05, 3.63) is 26.8 Å². The molecule has 0 spiro atoms. The fourth-order valence-corrected chi connectivity index (χ4v) is 2.18. The number of amides is 1. The Balaban J connectivity index is 3.01. The van der Waals surface area contributed by atoms with E-state index >= 15 is 0 Å². The molecule has 0 unspecified atom stereocenters. The normalized spacial score (nSPS) is 12.3. The van der Waals surface area contributed by atoms with Crippen molar-refractivity contribution in [2.45, 2.75) is 38.9 Å². The maximum atomic E-state index is 12.1. The van der Waals surface area contributed by atoms with Gasteiger partial charge in [-0.15, -0.1) is 0 Å². The zero-order chi connectivity index (χ0) is 15.7. The van der Waals surface area contributed by atoms with Gasteiger partial charge < -0.3 is 10.4 Å². The van der Waals surface area contributed by atoms with E-state index < -0.39 is 12.1 Å². The van der Waals surface area contributed by atoms with Crippen molar-refractivity contribution in [3.63, 3.8) is 0 Å². The number of carbonyl (C=O) groups is 1. The van der Waals surface area contributed by atoms with E-state index in [-0.39, 0.29) is 23.3 Å². The molecule has 3 nitrogen and oxygen atoms in total. The molecule has 0 aromatic heterocycles. The minimum atomic E-state index is -4.93. The molecule has 0 saturated carbocycles. The Bertz CT molecular complexity index is 522. The summed E-state index contributed by atoms with van der Waals surface area (Å²) in [5.41, 5.74) is 0.923. The predicted molar refractivity (Wildman–Crippen MR) is 77.4 cm³/mol. The van der Waals surface area contributed by atoms with Crippen LogP contribution < -0.4 is 5.32 Å². The number of alkyl halides is 3. The summed E-state index contributed by atoms with van der Waals surface area (Å²) in [5, 5.41) is 11.6. The van der Waals surface area contributed by atoms with Gasteiger partial charge in [0.25, 0.3) is 0 Å². The lowest BCUT2D eigenvalue weighted by molar-refractivity contribution is -0.173. The third kappa shape index (κ3) is 4.26. The van der Waals surface area contributed by atoms with Gasteiger partial charge in [0, 0.05) is 12.1 Å². The van der Waals surface area contributed by atoms with Gasteiger partial charge in [0.05, 0.1) is 3.57 Å². The molecule has 1 amide bonds. The zero-order valence-corrected chi connectivity index (χ0v) is 13.4. The SMILES string of the molecule is CC(C)(C)c1cc(I)c(O)c(CNC(=O)C(F)(F)F)c1. The maximum absolute atomic E-state index is 12.1. The van der Waals surface area contributed by atoms with Crippen LogP contribution in [0, 0.1) is 3.57 Å². The summed E-state index contributed by atoms with van der Waals surface area (Å²) in [6.45, 7) is 5.48. The summed E-state index contributed by atoms with van der Waals surface area (Å²) >= 11 is 1.90. The summed E-state index contributed by atoms with van der Waals surface area (Å²) in [7, 11) is 0. The van der Waals surface area contributed by atoms with Crippen LogP contribution in [0.15, 0.2) is 12.1 Å². The second-order valence-corrected chi connectivity index (χ2v) is 6.56. The van der Waals surface area contributed by atoms with Crippen molar-refractivity contribution >= 4 is 28.5 Å². The maximum Gasteiger partial charge on any atom is 0.471 e. The van der Waals surface area contributed by atoms with Gasteiger partial charge in [0.2, 0.25) is 0 Å². The molecule has 1 aromatic rings. The first kappa shape index (κ1) is 17.1. The molecule has 2 N–H and O–H groups in total. The Hall–Kier alpha value is -0.990. The molecule has 0 radical (unpaired) electrons. The summed E-state index contributed by atoms with van der Waals surface area (Å²) in [5.74, 6) is -2.13. The van der Waals surface area contributed by atoms with E-state index in [2.05, 4.69) is 0 Å².